The van der Waals surface area contributed by atoms with Crippen LogP contribution in [0.4, 0.5) is 0 Å². The van der Waals surface area contributed by atoms with Crippen molar-refractivity contribution in [1.29, 1.82) is 0 Å². The van der Waals surface area contributed by atoms with E-state index in [0.29, 0.717) is 50.0 Å². The number of halogens is 1. The smallest absolute Gasteiger partial charge is 0.227 e. The maximum atomic E-state index is 13.4. The highest BCUT2D eigenvalue weighted by Gasteiger charge is 2.38. The van der Waals surface area contributed by atoms with Gasteiger partial charge in [0.05, 0.1) is 17.5 Å². The fourth-order valence-corrected chi connectivity index (χ4v) is 4.13. The summed E-state index contributed by atoms with van der Waals surface area (Å²) in [5, 5.41) is 6.96. The molecule has 0 radical (unpaired) electrons. The van der Waals surface area contributed by atoms with Crippen molar-refractivity contribution in [3.63, 3.8) is 0 Å². The van der Waals surface area contributed by atoms with E-state index in [2.05, 4.69) is 10.6 Å². The van der Waals surface area contributed by atoms with E-state index in [9.17, 15) is 9.59 Å². The van der Waals surface area contributed by atoms with E-state index in [4.69, 9.17) is 21.1 Å². The molecule has 1 heterocycles. The largest absolute Gasteiger partial charge is 0.492 e. The van der Waals surface area contributed by atoms with Crippen molar-refractivity contribution in [2.75, 3.05) is 33.4 Å². The quantitative estimate of drug-likeness (QED) is 0.491. The molecule has 1 aliphatic carbocycles. The highest BCUT2D eigenvalue weighted by molar-refractivity contribution is 6.32. The van der Waals surface area contributed by atoms with Gasteiger partial charge in [0.2, 0.25) is 11.8 Å². The van der Waals surface area contributed by atoms with Gasteiger partial charge in [0.25, 0.3) is 0 Å². The monoisotopic (exact) mass is 465 g/mol. The van der Waals surface area contributed by atoms with Crippen LogP contribution in [0.3, 0.4) is 0 Å². The Morgan fingerprint density at radius 2 is 2.03 bits per heavy atom. The summed E-state index contributed by atoms with van der Waals surface area (Å²) in [6.07, 6.45) is 3.52. The number of benzene rings is 1. The minimum atomic E-state index is -0.140. The highest BCUT2D eigenvalue weighted by atomic mass is 35.5. The van der Waals surface area contributed by atoms with E-state index in [-0.39, 0.29) is 35.7 Å². The highest BCUT2D eigenvalue weighted by Crippen LogP contribution is 2.32. The molecule has 2 aliphatic rings. The van der Waals surface area contributed by atoms with Gasteiger partial charge in [-0.3, -0.25) is 9.59 Å². The average Bonchev–Trinajstić information content (AvgIpc) is 3.61. The summed E-state index contributed by atoms with van der Waals surface area (Å²) in [5.74, 6) is 0.618. The molecule has 2 N–H and O–H groups in total. The molecule has 7 nitrogen and oxygen atoms in total. The Kier molecular flexibility index (Phi) is 9.20. The minimum absolute atomic E-state index is 0.0173. The standard InChI is InChI=1S/C24H36ClN3O4/c1-16(2)23(29)27-19-12-18(13-26-14-19)24(30)28(20-6-7-20)15-17-5-8-21(25)22(11-17)32-10-4-9-31-3/h5,8,11,16,18-20,26H,4,6-7,9-10,12-15H2,1-3H3,(H,27,29)/t18-,19+/m0/s1. The molecule has 32 heavy (non-hydrogen) atoms. The number of carbonyl (C=O) groups is 2. The van der Waals surface area contributed by atoms with Crippen LogP contribution in [-0.4, -0.2) is 62.2 Å². The topological polar surface area (TPSA) is 79.9 Å². The number of amides is 2. The van der Waals surface area contributed by atoms with Crippen LogP contribution in [0.2, 0.25) is 5.02 Å². The predicted octanol–water partition coefficient (Wildman–Crippen LogP) is 3.00. The summed E-state index contributed by atoms with van der Waals surface area (Å²) in [7, 11) is 1.67. The SMILES string of the molecule is COCCCOc1cc(CN(C(=O)[C@@H]2CNC[C@H](NC(=O)C(C)C)C2)C2CC2)ccc1Cl. The molecule has 0 unspecified atom stereocenters. The minimum Gasteiger partial charge on any atom is -0.492 e. The van der Waals surface area contributed by atoms with Gasteiger partial charge in [0, 0.05) is 57.8 Å². The van der Waals surface area contributed by atoms with E-state index < -0.39 is 0 Å². The van der Waals surface area contributed by atoms with E-state index in [1.54, 1.807) is 7.11 Å². The first kappa shape index (κ1) is 24.8. The first-order valence-electron chi connectivity index (χ1n) is 11.6. The van der Waals surface area contributed by atoms with Crippen LogP contribution in [0.5, 0.6) is 5.75 Å². The number of ether oxygens (including phenoxy) is 2. The molecule has 3 rings (SSSR count). The summed E-state index contributed by atoms with van der Waals surface area (Å²) in [6, 6.07) is 5.99. The van der Waals surface area contributed by atoms with E-state index in [1.165, 1.54) is 0 Å². The van der Waals surface area contributed by atoms with Crippen LogP contribution in [0, 0.1) is 11.8 Å². The maximum Gasteiger partial charge on any atom is 0.227 e. The van der Waals surface area contributed by atoms with Gasteiger partial charge in [0.15, 0.2) is 0 Å². The summed E-state index contributed by atoms with van der Waals surface area (Å²) >= 11 is 6.30. The molecular formula is C24H36ClN3O4. The average molecular weight is 466 g/mol. The lowest BCUT2D eigenvalue weighted by molar-refractivity contribution is -0.138. The lowest BCUT2D eigenvalue weighted by Gasteiger charge is -2.34. The van der Waals surface area contributed by atoms with Gasteiger partial charge >= 0.3 is 0 Å². The molecule has 0 bridgehead atoms. The van der Waals surface area contributed by atoms with E-state index >= 15 is 0 Å². The number of hydrogen-bond donors (Lipinski definition) is 2. The third-order valence-electron chi connectivity index (χ3n) is 5.94. The van der Waals surface area contributed by atoms with Gasteiger partial charge in [-0.15, -0.1) is 0 Å². The lowest BCUT2D eigenvalue weighted by Crippen LogP contribution is -2.53. The predicted molar refractivity (Wildman–Crippen MR) is 125 cm³/mol. The normalized spacial score (nSPS) is 20.8. The van der Waals surface area contributed by atoms with Crippen molar-refractivity contribution in [2.24, 2.45) is 11.8 Å². The third kappa shape index (κ3) is 7.09. The molecule has 0 spiro atoms. The van der Waals surface area contributed by atoms with Gasteiger partial charge in [-0.1, -0.05) is 31.5 Å². The molecule has 1 aliphatic heterocycles. The Hall–Kier alpha value is -1.83. The van der Waals surface area contributed by atoms with Gasteiger partial charge in [-0.05, 0) is 37.0 Å². The second-order valence-electron chi connectivity index (χ2n) is 9.11. The van der Waals surface area contributed by atoms with Crippen LogP contribution < -0.4 is 15.4 Å². The summed E-state index contributed by atoms with van der Waals surface area (Å²) in [5.41, 5.74) is 1.00. The van der Waals surface area contributed by atoms with Crippen LogP contribution in [0.25, 0.3) is 0 Å². The zero-order chi connectivity index (χ0) is 23.1. The number of nitrogens with one attached hydrogen (secondary N) is 2. The van der Waals surface area contributed by atoms with Gasteiger partial charge < -0.3 is 25.0 Å². The Morgan fingerprint density at radius 3 is 2.72 bits per heavy atom. The molecule has 2 atom stereocenters. The van der Waals surface area contributed by atoms with Crippen molar-refractivity contribution in [3.05, 3.63) is 28.8 Å². The number of methoxy groups -OCH3 is 1. The van der Waals surface area contributed by atoms with Gasteiger partial charge in [0.1, 0.15) is 5.75 Å². The molecule has 178 valence electrons. The second kappa shape index (κ2) is 11.9. The van der Waals surface area contributed by atoms with Crippen molar-refractivity contribution in [2.45, 2.75) is 58.2 Å². The summed E-state index contributed by atoms with van der Waals surface area (Å²) < 4.78 is 10.9. The maximum absolute atomic E-state index is 13.4. The van der Waals surface area contributed by atoms with Crippen molar-refractivity contribution >= 4 is 23.4 Å². The summed E-state index contributed by atoms with van der Waals surface area (Å²) in [6.45, 7) is 6.80. The van der Waals surface area contributed by atoms with Crippen molar-refractivity contribution < 1.29 is 19.1 Å². The molecule has 1 aromatic rings. The zero-order valence-corrected chi connectivity index (χ0v) is 20.1. The van der Waals surface area contributed by atoms with E-state index in [1.807, 2.05) is 36.9 Å². The fourth-order valence-electron chi connectivity index (χ4n) is 3.95. The third-order valence-corrected chi connectivity index (χ3v) is 6.25. The molecule has 1 saturated carbocycles. The Morgan fingerprint density at radius 1 is 1.25 bits per heavy atom. The summed E-state index contributed by atoms with van der Waals surface area (Å²) in [4.78, 5) is 27.5. The van der Waals surface area contributed by atoms with Crippen molar-refractivity contribution in [1.82, 2.24) is 15.5 Å². The number of rotatable bonds is 11. The molecule has 2 fully saturated rings. The van der Waals surface area contributed by atoms with E-state index in [0.717, 1.165) is 24.8 Å². The lowest BCUT2D eigenvalue weighted by atomic mass is 9.93. The Labute approximate surface area is 196 Å². The molecule has 0 aromatic heterocycles. The second-order valence-corrected chi connectivity index (χ2v) is 9.52. The number of hydrogen-bond acceptors (Lipinski definition) is 5. The molecule has 1 saturated heterocycles. The van der Waals surface area contributed by atoms with Crippen molar-refractivity contribution in [3.8, 4) is 5.75 Å². The van der Waals surface area contributed by atoms with Gasteiger partial charge in [-0.25, -0.2) is 0 Å². The first-order valence-corrected chi connectivity index (χ1v) is 12.0. The number of piperidine rings is 1. The van der Waals surface area contributed by atoms with Crippen LogP contribution >= 0.6 is 11.6 Å². The number of nitrogens with zero attached hydrogens (tertiary/aromatic N) is 1. The fraction of sp³-hybridized carbons (Fsp3) is 0.667. The molecule has 8 heteroatoms. The Bertz CT molecular complexity index is 785. The molecule has 2 amide bonds. The van der Waals surface area contributed by atoms with Gasteiger partial charge in [-0.2, -0.15) is 0 Å². The zero-order valence-electron chi connectivity index (χ0n) is 19.4. The van der Waals surface area contributed by atoms with Crippen LogP contribution in [0.1, 0.15) is 45.1 Å². The molecule has 1 aromatic carbocycles. The first-order chi connectivity index (χ1) is 15.4. The van der Waals surface area contributed by atoms with Crippen LogP contribution in [-0.2, 0) is 20.9 Å². The molecular weight excluding hydrogens is 430 g/mol. The Balaban J connectivity index is 1.63. The number of carbonyl (C=O) groups excluding carboxylic acids is 2. The van der Waals surface area contributed by atoms with Crippen LogP contribution in [0.15, 0.2) is 18.2 Å².